The van der Waals surface area contributed by atoms with Gasteiger partial charge in [0.1, 0.15) is 12.4 Å². The molecule has 0 saturated carbocycles. The van der Waals surface area contributed by atoms with Crippen LogP contribution >= 0.6 is 0 Å². The van der Waals surface area contributed by atoms with E-state index in [9.17, 15) is 21.6 Å². The zero-order valence-corrected chi connectivity index (χ0v) is 18.7. The summed E-state index contributed by atoms with van der Waals surface area (Å²) in [5.74, 6) is -0.231. The molecule has 2 aromatic carbocycles. The van der Waals surface area contributed by atoms with Gasteiger partial charge in [-0.1, -0.05) is 6.07 Å². The van der Waals surface area contributed by atoms with Crippen LogP contribution in [0.5, 0.6) is 5.75 Å². The topological polar surface area (TPSA) is 119 Å². The fraction of sp³-hybridized carbons (Fsp3) is 0.316. The number of hydrogen-bond acceptors (Lipinski definition) is 7. The van der Waals surface area contributed by atoms with Gasteiger partial charge in [0.25, 0.3) is 0 Å². The van der Waals surface area contributed by atoms with E-state index in [1.807, 2.05) is 0 Å². The van der Waals surface area contributed by atoms with Crippen molar-refractivity contribution in [3.63, 3.8) is 0 Å². The van der Waals surface area contributed by atoms with Crippen LogP contribution in [0, 0.1) is 6.92 Å². The molecule has 11 heteroatoms. The average molecular weight is 457 g/mol. The van der Waals surface area contributed by atoms with Crippen LogP contribution in [-0.4, -0.2) is 61.5 Å². The number of sulfonamides is 2. The Morgan fingerprint density at radius 2 is 1.67 bits per heavy atom. The van der Waals surface area contributed by atoms with Crippen molar-refractivity contribution in [1.29, 1.82) is 0 Å². The van der Waals surface area contributed by atoms with Crippen LogP contribution in [0.1, 0.15) is 15.9 Å². The minimum absolute atomic E-state index is 0.0226. The van der Waals surface area contributed by atoms with Crippen LogP contribution in [0.2, 0.25) is 0 Å². The van der Waals surface area contributed by atoms with E-state index in [2.05, 4.69) is 9.46 Å². The highest BCUT2D eigenvalue weighted by atomic mass is 32.2. The molecular formula is C19H24N2O7S2. The molecule has 0 fully saturated rings. The molecule has 0 radical (unpaired) electrons. The molecule has 0 heterocycles. The zero-order valence-electron chi connectivity index (χ0n) is 17.1. The molecule has 0 atom stereocenters. The van der Waals surface area contributed by atoms with Gasteiger partial charge < -0.3 is 9.47 Å². The van der Waals surface area contributed by atoms with Crippen LogP contribution in [0.25, 0.3) is 0 Å². The maximum absolute atomic E-state index is 12.6. The first kappa shape index (κ1) is 23.8. The van der Waals surface area contributed by atoms with Crippen LogP contribution in [0.3, 0.4) is 0 Å². The number of carbonyl (C=O) groups is 1. The molecule has 0 bridgehead atoms. The monoisotopic (exact) mass is 456 g/mol. The first-order valence-corrected chi connectivity index (χ1v) is 11.8. The second kappa shape index (κ2) is 9.56. The van der Waals surface area contributed by atoms with Crippen molar-refractivity contribution < 1.29 is 31.1 Å². The van der Waals surface area contributed by atoms with E-state index in [1.54, 1.807) is 6.92 Å². The minimum atomic E-state index is -3.87. The Balaban J connectivity index is 1.99. The molecule has 0 aliphatic carbocycles. The Morgan fingerprint density at radius 3 is 2.23 bits per heavy atom. The highest BCUT2D eigenvalue weighted by Crippen LogP contribution is 2.19. The molecule has 0 saturated heterocycles. The van der Waals surface area contributed by atoms with E-state index in [4.69, 9.17) is 4.74 Å². The molecule has 164 valence electrons. The first-order valence-electron chi connectivity index (χ1n) is 8.83. The molecule has 9 nitrogen and oxygen atoms in total. The van der Waals surface area contributed by atoms with Gasteiger partial charge in [0.2, 0.25) is 20.0 Å². The fourth-order valence-electron chi connectivity index (χ4n) is 2.48. The number of rotatable bonds is 9. The number of ether oxygens (including phenoxy) is 2. The lowest BCUT2D eigenvalue weighted by atomic mass is 10.1. The number of hydrogen-bond donors (Lipinski definition) is 1. The van der Waals surface area contributed by atoms with Crippen LogP contribution in [0.15, 0.2) is 52.3 Å². The fourth-order valence-corrected chi connectivity index (χ4v) is 4.66. The lowest BCUT2D eigenvalue weighted by molar-refractivity contribution is 0.0600. The molecule has 2 rings (SSSR count). The Kier molecular flexibility index (Phi) is 7.59. The number of carbonyl (C=O) groups excluding carboxylic acids is 1. The Labute approximate surface area is 176 Å². The first-order chi connectivity index (χ1) is 14.0. The molecule has 1 N–H and O–H groups in total. The smallest absolute Gasteiger partial charge is 0.337 e. The number of esters is 1. The average Bonchev–Trinajstić information content (AvgIpc) is 2.71. The van der Waals surface area contributed by atoms with Crippen LogP contribution in [0.4, 0.5) is 0 Å². The van der Waals surface area contributed by atoms with Gasteiger partial charge in [-0.05, 0) is 48.9 Å². The van der Waals surface area contributed by atoms with E-state index in [-0.39, 0.29) is 28.5 Å². The quantitative estimate of drug-likeness (QED) is 0.447. The lowest BCUT2D eigenvalue weighted by Gasteiger charge is -2.13. The van der Waals surface area contributed by atoms with Gasteiger partial charge in [-0.15, -0.1) is 0 Å². The van der Waals surface area contributed by atoms with E-state index in [0.717, 1.165) is 4.31 Å². The Bertz CT molecular complexity index is 1110. The van der Waals surface area contributed by atoms with Gasteiger partial charge in [0, 0.05) is 20.6 Å². The normalized spacial score (nSPS) is 12.0. The van der Waals surface area contributed by atoms with Crippen molar-refractivity contribution in [2.45, 2.75) is 16.7 Å². The molecular weight excluding hydrogens is 432 g/mol. The maximum Gasteiger partial charge on any atom is 0.337 e. The summed E-state index contributed by atoms with van der Waals surface area (Å²) in [6.07, 6.45) is 0. The highest BCUT2D eigenvalue weighted by molar-refractivity contribution is 7.89. The molecule has 0 aliphatic heterocycles. The number of methoxy groups -OCH3 is 1. The molecule has 30 heavy (non-hydrogen) atoms. The predicted molar refractivity (Wildman–Crippen MR) is 111 cm³/mol. The maximum atomic E-state index is 12.6. The second-order valence-corrected chi connectivity index (χ2v) is 10.4. The van der Waals surface area contributed by atoms with Crippen molar-refractivity contribution in [2.75, 3.05) is 34.4 Å². The summed E-state index contributed by atoms with van der Waals surface area (Å²) in [6.45, 7) is 1.62. The zero-order chi connectivity index (χ0) is 22.5. The number of nitrogens with one attached hydrogen (secondary N) is 1. The third kappa shape index (κ3) is 5.57. The predicted octanol–water partition coefficient (Wildman–Crippen LogP) is 1.39. The van der Waals surface area contributed by atoms with E-state index < -0.39 is 26.0 Å². The summed E-state index contributed by atoms with van der Waals surface area (Å²) in [5, 5.41) is 0. The molecule has 0 spiro atoms. The van der Waals surface area contributed by atoms with E-state index in [1.165, 1.54) is 63.7 Å². The summed E-state index contributed by atoms with van der Waals surface area (Å²) in [6, 6.07) is 10.1. The SMILES string of the molecule is COC(=O)c1ccc(C)c(S(=O)(=O)NCCOc2ccc(S(=O)(=O)N(C)C)cc2)c1. The third-order valence-electron chi connectivity index (χ3n) is 4.16. The summed E-state index contributed by atoms with van der Waals surface area (Å²) in [7, 11) is -3.30. The molecule has 0 aliphatic rings. The van der Waals surface area contributed by atoms with Crippen molar-refractivity contribution in [1.82, 2.24) is 9.03 Å². The summed E-state index contributed by atoms with van der Waals surface area (Å²) >= 11 is 0. The summed E-state index contributed by atoms with van der Waals surface area (Å²) in [4.78, 5) is 11.7. The van der Waals surface area contributed by atoms with E-state index >= 15 is 0 Å². The van der Waals surface area contributed by atoms with Gasteiger partial charge in [-0.3, -0.25) is 0 Å². The van der Waals surface area contributed by atoms with Crippen LogP contribution in [-0.2, 0) is 24.8 Å². The van der Waals surface area contributed by atoms with Crippen molar-refractivity contribution in [2.24, 2.45) is 0 Å². The number of benzene rings is 2. The van der Waals surface area contributed by atoms with Crippen molar-refractivity contribution in [3.05, 3.63) is 53.6 Å². The van der Waals surface area contributed by atoms with Gasteiger partial charge in [-0.2, -0.15) is 0 Å². The van der Waals surface area contributed by atoms with Gasteiger partial charge >= 0.3 is 5.97 Å². The molecule has 0 unspecified atom stereocenters. The molecule has 0 aromatic heterocycles. The van der Waals surface area contributed by atoms with Gasteiger partial charge in [0.15, 0.2) is 0 Å². The minimum Gasteiger partial charge on any atom is -0.492 e. The standard InChI is InChI=1S/C19H24N2O7S2/c1-14-5-6-15(19(22)27-4)13-18(14)29(23,24)20-11-12-28-16-7-9-17(10-8-16)30(25,26)21(2)3/h5-10,13,20H,11-12H2,1-4H3. The lowest BCUT2D eigenvalue weighted by Crippen LogP contribution is -2.29. The largest absolute Gasteiger partial charge is 0.492 e. The third-order valence-corrected chi connectivity index (χ3v) is 7.60. The highest BCUT2D eigenvalue weighted by Gasteiger charge is 2.19. The van der Waals surface area contributed by atoms with Crippen LogP contribution < -0.4 is 9.46 Å². The van der Waals surface area contributed by atoms with Crippen molar-refractivity contribution >= 4 is 26.0 Å². The van der Waals surface area contributed by atoms with Crippen molar-refractivity contribution in [3.8, 4) is 5.75 Å². The number of aryl methyl sites for hydroxylation is 1. The van der Waals surface area contributed by atoms with Gasteiger partial charge in [-0.25, -0.2) is 30.7 Å². The Hall–Kier alpha value is -2.47. The number of nitrogens with zero attached hydrogens (tertiary/aromatic N) is 1. The molecule has 2 aromatic rings. The molecule has 0 amide bonds. The summed E-state index contributed by atoms with van der Waals surface area (Å²) < 4.78 is 62.8. The summed E-state index contributed by atoms with van der Waals surface area (Å²) in [5.41, 5.74) is 0.612. The van der Waals surface area contributed by atoms with Gasteiger partial charge in [0.05, 0.1) is 22.5 Å². The second-order valence-electron chi connectivity index (χ2n) is 6.48. The Morgan fingerprint density at radius 1 is 1.03 bits per heavy atom. The van der Waals surface area contributed by atoms with E-state index in [0.29, 0.717) is 11.3 Å².